The van der Waals surface area contributed by atoms with E-state index in [1.165, 1.54) is 12.1 Å². The average molecular weight is 515 g/mol. The number of carbonyl (C=O) groups excluding carboxylic acids is 1. The third-order valence-electron chi connectivity index (χ3n) is 7.60. The van der Waals surface area contributed by atoms with Gasteiger partial charge in [0.15, 0.2) is 18.2 Å². The largest absolute Gasteiger partial charge is 0.480 e. The Labute approximate surface area is 223 Å². The third kappa shape index (κ3) is 5.22. The number of nitrogens with zero attached hydrogens (tertiary/aromatic N) is 6. The van der Waals surface area contributed by atoms with E-state index in [2.05, 4.69) is 50.7 Å². The Morgan fingerprint density at radius 1 is 1.05 bits per heavy atom. The van der Waals surface area contributed by atoms with Crippen LogP contribution in [0.1, 0.15) is 24.8 Å². The van der Waals surface area contributed by atoms with E-state index < -0.39 is 0 Å². The predicted molar refractivity (Wildman–Crippen MR) is 149 cm³/mol. The summed E-state index contributed by atoms with van der Waals surface area (Å²) in [5.41, 5.74) is 3.01. The predicted octanol–water partition coefficient (Wildman–Crippen LogP) is 3.94. The lowest BCUT2D eigenvalue weighted by Gasteiger charge is -2.34. The molecule has 198 valence electrons. The Balaban J connectivity index is 1.19. The summed E-state index contributed by atoms with van der Waals surface area (Å²) in [5, 5.41) is 6.67. The molecule has 4 heterocycles. The first-order valence-electron chi connectivity index (χ1n) is 13.4. The highest BCUT2D eigenvalue weighted by molar-refractivity contribution is 5.97. The van der Waals surface area contributed by atoms with Crippen LogP contribution in [0.25, 0.3) is 0 Å². The van der Waals surface area contributed by atoms with Crippen LogP contribution in [0.15, 0.2) is 42.6 Å². The number of amides is 1. The molecule has 1 aliphatic carbocycles. The van der Waals surface area contributed by atoms with Gasteiger partial charge in [0.2, 0.25) is 5.95 Å². The zero-order chi connectivity index (χ0) is 26.1. The number of aromatic nitrogens is 3. The number of piperazine rings is 1. The van der Waals surface area contributed by atoms with E-state index in [0.717, 1.165) is 50.3 Å². The molecular formula is C28H34N8O2. The van der Waals surface area contributed by atoms with Gasteiger partial charge in [-0.3, -0.25) is 9.69 Å². The normalized spacial score (nSPS) is 18.0. The number of ether oxygens (including phenoxy) is 1. The molecule has 0 atom stereocenters. The molecule has 2 N–H and O–H groups in total. The first kappa shape index (κ1) is 24.4. The molecular weight excluding hydrogens is 480 g/mol. The first-order chi connectivity index (χ1) is 18.5. The minimum Gasteiger partial charge on any atom is -0.480 e. The molecule has 0 unspecified atom stereocenters. The second-order valence-electron chi connectivity index (χ2n) is 10.4. The molecule has 10 nitrogen and oxygen atoms in total. The van der Waals surface area contributed by atoms with Crippen LogP contribution in [0, 0.1) is 12.8 Å². The highest BCUT2D eigenvalue weighted by Gasteiger charge is 2.31. The van der Waals surface area contributed by atoms with Crippen molar-refractivity contribution >= 4 is 40.7 Å². The van der Waals surface area contributed by atoms with Crippen LogP contribution in [0.4, 0.5) is 34.8 Å². The van der Waals surface area contributed by atoms with Crippen molar-refractivity contribution in [3.05, 3.63) is 48.2 Å². The maximum atomic E-state index is 12.6. The number of nitrogens with one attached hydrogen (secondary N) is 2. The number of likely N-dealkylation sites (N-methyl/N-ethyl adjacent to an activating group) is 1. The second kappa shape index (κ2) is 10.4. The quantitative estimate of drug-likeness (QED) is 0.486. The Morgan fingerprint density at radius 2 is 1.89 bits per heavy atom. The number of anilines is 6. The molecule has 0 radical (unpaired) electrons. The smallest absolute Gasteiger partial charge is 0.266 e. The van der Waals surface area contributed by atoms with Crippen molar-refractivity contribution in [1.82, 2.24) is 19.9 Å². The molecule has 3 aromatic rings. The zero-order valence-electron chi connectivity index (χ0n) is 22.0. The van der Waals surface area contributed by atoms with Crippen LogP contribution in [0.2, 0.25) is 0 Å². The molecule has 1 saturated carbocycles. The number of carbonyl (C=O) groups is 1. The van der Waals surface area contributed by atoms with Crippen molar-refractivity contribution in [3.8, 4) is 5.75 Å². The number of aryl methyl sites for hydroxylation is 1. The van der Waals surface area contributed by atoms with Crippen molar-refractivity contribution in [2.75, 3.05) is 66.8 Å². The van der Waals surface area contributed by atoms with Crippen LogP contribution in [-0.2, 0) is 4.79 Å². The molecule has 3 aliphatic rings. The van der Waals surface area contributed by atoms with Crippen LogP contribution < -0.4 is 25.2 Å². The summed E-state index contributed by atoms with van der Waals surface area (Å²) in [6.07, 6.45) is 5.34. The van der Waals surface area contributed by atoms with Crippen molar-refractivity contribution in [1.29, 1.82) is 0 Å². The molecule has 1 saturated heterocycles. The van der Waals surface area contributed by atoms with Crippen molar-refractivity contribution < 1.29 is 9.53 Å². The minimum absolute atomic E-state index is 0.0439. The molecule has 2 aliphatic heterocycles. The topological polar surface area (TPSA) is 98.8 Å². The fraction of sp³-hybridized carbons (Fsp3) is 0.429. The molecule has 38 heavy (non-hydrogen) atoms. The van der Waals surface area contributed by atoms with Gasteiger partial charge in [0.1, 0.15) is 11.6 Å². The molecule has 10 heteroatoms. The highest BCUT2D eigenvalue weighted by Crippen LogP contribution is 2.36. The van der Waals surface area contributed by atoms with Gasteiger partial charge in [0, 0.05) is 55.9 Å². The molecule has 2 aromatic heterocycles. The van der Waals surface area contributed by atoms with Crippen LogP contribution in [-0.4, -0.2) is 72.1 Å². The van der Waals surface area contributed by atoms with Crippen LogP contribution >= 0.6 is 0 Å². The van der Waals surface area contributed by atoms with Crippen molar-refractivity contribution in [2.24, 2.45) is 5.92 Å². The first-order valence-corrected chi connectivity index (χ1v) is 13.4. The molecule has 0 spiro atoms. The average Bonchev–Trinajstić information content (AvgIpc) is 2.89. The summed E-state index contributed by atoms with van der Waals surface area (Å²) in [6.45, 7) is 6.85. The summed E-state index contributed by atoms with van der Waals surface area (Å²) >= 11 is 0. The van der Waals surface area contributed by atoms with Gasteiger partial charge in [0.05, 0.1) is 0 Å². The molecule has 2 fully saturated rings. The van der Waals surface area contributed by atoms with Crippen molar-refractivity contribution in [3.63, 3.8) is 0 Å². The Morgan fingerprint density at radius 3 is 2.68 bits per heavy atom. The summed E-state index contributed by atoms with van der Waals surface area (Å²) in [4.78, 5) is 33.1. The lowest BCUT2D eigenvalue weighted by atomic mass is 9.85. The van der Waals surface area contributed by atoms with E-state index in [0.29, 0.717) is 41.6 Å². The number of rotatable bonds is 7. The Hall–Kier alpha value is -3.92. The van der Waals surface area contributed by atoms with Gasteiger partial charge in [-0.1, -0.05) is 12.5 Å². The molecule has 0 bridgehead atoms. The number of pyridine rings is 1. The van der Waals surface area contributed by atoms with E-state index >= 15 is 0 Å². The zero-order valence-corrected chi connectivity index (χ0v) is 22.0. The van der Waals surface area contributed by atoms with Gasteiger partial charge < -0.3 is 25.2 Å². The van der Waals surface area contributed by atoms with E-state index in [-0.39, 0.29) is 12.5 Å². The lowest BCUT2D eigenvalue weighted by molar-refractivity contribution is -0.121. The fourth-order valence-electron chi connectivity index (χ4n) is 4.99. The van der Waals surface area contributed by atoms with E-state index in [1.807, 2.05) is 25.1 Å². The summed E-state index contributed by atoms with van der Waals surface area (Å²) < 4.78 is 5.65. The summed E-state index contributed by atoms with van der Waals surface area (Å²) in [6, 6.07) is 12.1. The van der Waals surface area contributed by atoms with Crippen LogP contribution in [0.3, 0.4) is 0 Å². The Bertz CT molecular complexity index is 1320. The van der Waals surface area contributed by atoms with Gasteiger partial charge in [-0.15, -0.1) is 0 Å². The maximum absolute atomic E-state index is 12.6. The molecule has 1 aromatic carbocycles. The maximum Gasteiger partial charge on any atom is 0.266 e. The van der Waals surface area contributed by atoms with Gasteiger partial charge in [-0.2, -0.15) is 4.98 Å². The fourth-order valence-corrected chi connectivity index (χ4v) is 4.99. The molecule has 6 rings (SSSR count). The van der Waals surface area contributed by atoms with Gasteiger partial charge in [-0.25, -0.2) is 9.97 Å². The summed E-state index contributed by atoms with van der Waals surface area (Å²) in [5.74, 6) is 3.45. The monoisotopic (exact) mass is 514 g/mol. The second-order valence-corrected chi connectivity index (χ2v) is 10.4. The standard InChI is InChI=1S/C28H34N8O2/c1-19-16-29-28(30-21-7-4-8-22(15-21)35-13-11-34(2)12-14-35)33-26(19)31-24-10-9-23-27(32-24)36(25(37)18-38-23)17-20-5-3-6-20/h4,7-10,15-16,20H,3,5-6,11-14,17-18H2,1-2H3,(H2,29,30,31,32,33). The number of fused-ring (bicyclic) bond motifs is 1. The number of hydrogen-bond acceptors (Lipinski definition) is 9. The number of benzene rings is 1. The van der Waals surface area contributed by atoms with Crippen LogP contribution in [0.5, 0.6) is 5.75 Å². The highest BCUT2D eigenvalue weighted by atomic mass is 16.5. The minimum atomic E-state index is -0.0439. The van der Waals surface area contributed by atoms with E-state index in [9.17, 15) is 4.79 Å². The van der Waals surface area contributed by atoms with E-state index in [1.54, 1.807) is 11.1 Å². The van der Waals surface area contributed by atoms with E-state index in [4.69, 9.17) is 14.7 Å². The third-order valence-corrected chi connectivity index (χ3v) is 7.60. The van der Waals surface area contributed by atoms with Gasteiger partial charge in [0.25, 0.3) is 5.91 Å². The lowest BCUT2D eigenvalue weighted by Crippen LogP contribution is -2.44. The SMILES string of the molecule is Cc1cnc(Nc2cccc(N3CCN(C)CC3)c2)nc1Nc1ccc2c(n1)N(CC1CCC1)C(=O)CO2. The Kier molecular flexibility index (Phi) is 6.71. The van der Waals surface area contributed by atoms with Gasteiger partial charge in [-0.05, 0) is 63.1 Å². The van der Waals surface area contributed by atoms with Crippen molar-refractivity contribution in [2.45, 2.75) is 26.2 Å². The molecule has 1 amide bonds. The van der Waals surface area contributed by atoms with Gasteiger partial charge >= 0.3 is 0 Å². The summed E-state index contributed by atoms with van der Waals surface area (Å²) in [7, 11) is 2.16. The number of hydrogen-bond donors (Lipinski definition) is 2.